The van der Waals surface area contributed by atoms with Gasteiger partial charge in [0, 0.05) is 18.3 Å². The van der Waals surface area contributed by atoms with Gasteiger partial charge >= 0.3 is 0 Å². The SMILES string of the molecule is C1=CNC(c2ccccc2-c2ccncn2)NC1. The fourth-order valence-corrected chi connectivity index (χ4v) is 2.10. The molecule has 2 aromatic rings. The highest BCUT2D eigenvalue weighted by atomic mass is 15.1. The molecule has 0 aliphatic carbocycles. The van der Waals surface area contributed by atoms with Crippen molar-refractivity contribution in [3.8, 4) is 11.3 Å². The Labute approximate surface area is 106 Å². The molecule has 1 aliphatic heterocycles. The van der Waals surface area contributed by atoms with Crippen LogP contribution >= 0.6 is 0 Å². The van der Waals surface area contributed by atoms with E-state index in [1.54, 1.807) is 12.5 Å². The van der Waals surface area contributed by atoms with Gasteiger partial charge in [-0.2, -0.15) is 0 Å². The first-order chi connectivity index (χ1) is 8.95. The second-order valence-electron chi connectivity index (χ2n) is 4.09. The fraction of sp³-hybridized carbons (Fsp3) is 0.143. The van der Waals surface area contributed by atoms with Gasteiger partial charge in [0.15, 0.2) is 0 Å². The van der Waals surface area contributed by atoms with Gasteiger partial charge < -0.3 is 5.32 Å². The van der Waals surface area contributed by atoms with E-state index in [9.17, 15) is 0 Å². The average Bonchev–Trinajstić information content (AvgIpc) is 2.49. The van der Waals surface area contributed by atoms with Crippen LogP contribution in [0.25, 0.3) is 11.3 Å². The molecule has 1 unspecified atom stereocenters. The molecule has 2 heterocycles. The highest BCUT2D eigenvalue weighted by molar-refractivity contribution is 5.63. The van der Waals surface area contributed by atoms with E-state index in [1.807, 2.05) is 24.4 Å². The summed E-state index contributed by atoms with van der Waals surface area (Å²) in [5, 5.41) is 6.71. The first kappa shape index (κ1) is 10.9. The Hall–Kier alpha value is -2.20. The van der Waals surface area contributed by atoms with Crippen LogP contribution in [-0.2, 0) is 0 Å². The summed E-state index contributed by atoms with van der Waals surface area (Å²) in [7, 11) is 0. The lowest BCUT2D eigenvalue weighted by Gasteiger charge is -2.24. The lowest BCUT2D eigenvalue weighted by atomic mass is 10.0. The maximum atomic E-state index is 4.32. The summed E-state index contributed by atoms with van der Waals surface area (Å²) in [6, 6.07) is 10.2. The molecule has 4 nitrogen and oxygen atoms in total. The van der Waals surface area contributed by atoms with Crippen LogP contribution in [0.4, 0.5) is 0 Å². The van der Waals surface area contributed by atoms with E-state index < -0.39 is 0 Å². The molecule has 0 amide bonds. The monoisotopic (exact) mass is 238 g/mol. The molecule has 0 bridgehead atoms. The van der Waals surface area contributed by atoms with Crippen LogP contribution in [0.15, 0.2) is 55.1 Å². The minimum absolute atomic E-state index is 0.126. The van der Waals surface area contributed by atoms with Crippen LogP contribution in [0.5, 0.6) is 0 Å². The second kappa shape index (κ2) is 4.98. The van der Waals surface area contributed by atoms with Crippen molar-refractivity contribution in [3.05, 3.63) is 60.7 Å². The minimum Gasteiger partial charge on any atom is -0.372 e. The number of hydrogen-bond donors (Lipinski definition) is 2. The Bertz CT molecular complexity index is 551. The van der Waals surface area contributed by atoms with Gasteiger partial charge in [-0.3, -0.25) is 5.32 Å². The van der Waals surface area contributed by atoms with Crippen LogP contribution < -0.4 is 10.6 Å². The van der Waals surface area contributed by atoms with E-state index in [1.165, 1.54) is 5.56 Å². The zero-order valence-electron chi connectivity index (χ0n) is 9.88. The Morgan fingerprint density at radius 3 is 2.89 bits per heavy atom. The van der Waals surface area contributed by atoms with E-state index in [0.29, 0.717) is 0 Å². The van der Waals surface area contributed by atoms with Crippen LogP contribution in [0.3, 0.4) is 0 Å². The quantitative estimate of drug-likeness (QED) is 0.838. The third-order valence-electron chi connectivity index (χ3n) is 2.95. The molecule has 0 fully saturated rings. The molecule has 1 atom stereocenters. The highest BCUT2D eigenvalue weighted by Gasteiger charge is 2.15. The summed E-state index contributed by atoms with van der Waals surface area (Å²) in [5.41, 5.74) is 3.26. The molecule has 18 heavy (non-hydrogen) atoms. The molecule has 90 valence electrons. The van der Waals surface area contributed by atoms with Crippen molar-refractivity contribution in [2.45, 2.75) is 6.17 Å². The number of rotatable bonds is 2. The van der Waals surface area contributed by atoms with Crippen molar-refractivity contribution in [1.29, 1.82) is 0 Å². The predicted molar refractivity (Wildman–Crippen MR) is 70.5 cm³/mol. The van der Waals surface area contributed by atoms with Crippen molar-refractivity contribution >= 4 is 0 Å². The van der Waals surface area contributed by atoms with Crippen molar-refractivity contribution in [2.75, 3.05) is 6.54 Å². The summed E-state index contributed by atoms with van der Waals surface area (Å²) in [6.45, 7) is 0.871. The van der Waals surface area contributed by atoms with E-state index in [4.69, 9.17) is 0 Å². The van der Waals surface area contributed by atoms with Crippen molar-refractivity contribution in [2.24, 2.45) is 0 Å². The van der Waals surface area contributed by atoms with Gasteiger partial charge in [0.1, 0.15) is 12.5 Å². The molecule has 0 saturated heterocycles. The smallest absolute Gasteiger partial charge is 0.116 e. The molecule has 1 aliphatic rings. The van der Waals surface area contributed by atoms with Gasteiger partial charge in [-0.25, -0.2) is 9.97 Å². The zero-order valence-corrected chi connectivity index (χ0v) is 9.88. The Kier molecular flexibility index (Phi) is 3.02. The van der Waals surface area contributed by atoms with Gasteiger partial charge in [0.05, 0.1) is 5.69 Å². The third kappa shape index (κ3) is 2.10. The molecule has 4 heteroatoms. The van der Waals surface area contributed by atoms with Crippen LogP contribution in [0, 0.1) is 0 Å². The summed E-state index contributed by atoms with van der Waals surface area (Å²) < 4.78 is 0. The Morgan fingerprint density at radius 1 is 1.17 bits per heavy atom. The largest absolute Gasteiger partial charge is 0.372 e. The first-order valence-corrected chi connectivity index (χ1v) is 5.95. The molecule has 0 saturated carbocycles. The van der Waals surface area contributed by atoms with Gasteiger partial charge in [0.25, 0.3) is 0 Å². The van der Waals surface area contributed by atoms with Gasteiger partial charge in [0.2, 0.25) is 0 Å². The minimum atomic E-state index is 0.126. The lowest BCUT2D eigenvalue weighted by molar-refractivity contribution is 0.499. The maximum absolute atomic E-state index is 4.32. The molecule has 1 aromatic heterocycles. The maximum Gasteiger partial charge on any atom is 0.116 e. The summed E-state index contributed by atoms with van der Waals surface area (Å²) >= 11 is 0. The molecular formula is C14H14N4. The van der Waals surface area contributed by atoms with E-state index in [-0.39, 0.29) is 6.17 Å². The fourth-order valence-electron chi connectivity index (χ4n) is 2.10. The number of nitrogens with one attached hydrogen (secondary N) is 2. The number of nitrogens with zero attached hydrogens (tertiary/aromatic N) is 2. The average molecular weight is 238 g/mol. The highest BCUT2D eigenvalue weighted by Crippen LogP contribution is 2.25. The Balaban J connectivity index is 2.02. The van der Waals surface area contributed by atoms with Crippen molar-refractivity contribution in [3.63, 3.8) is 0 Å². The van der Waals surface area contributed by atoms with Crippen molar-refractivity contribution in [1.82, 2.24) is 20.6 Å². The van der Waals surface area contributed by atoms with E-state index in [2.05, 4.69) is 38.8 Å². The van der Waals surface area contributed by atoms with E-state index in [0.717, 1.165) is 17.8 Å². The number of hydrogen-bond acceptors (Lipinski definition) is 4. The molecular weight excluding hydrogens is 224 g/mol. The van der Waals surface area contributed by atoms with Crippen LogP contribution in [-0.4, -0.2) is 16.5 Å². The molecule has 1 aromatic carbocycles. The molecule has 0 spiro atoms. The standard InChI is InChI=1S/C14H14N4/c1-2-5-12(14-16-7-3-8-17-14)11(4-1)13-6-9-15-10-18-13/h1-7,9-10,14,16-17H,8H2. The second-order valence-corrected chi connectivity index (χ2v) is 4.09. The molecule has 3 rings (SSSR count). The molecule has 0 radical (unpaired) electrons. The van der Waals surface area contributed by atoms with Gasteiger partial charge in [-0.15, -0.1) is 0 Å². The summed E-state index contributed by atoms with van der Waals surface area (Å²) in [6.07, 6.45) is 7.51. The van der Waals surface area contributed by atoms with Crippen LogP contribution in [0.2, 0.25) is 0 Å². The Morgan fingerprint density at radius 2 is 2.11 bits per heavy atom. The number of aromatic nitrogens is 2. The third-order valence-corrected chi connectivity index (χ3v) is 2.95. The summed E-state index contributed by atoms with van der Waals surface area (Å²) in [5.74, 6) is 0. The normalized spacial score (nSPS) is 18.3. The topological polar surface area (TPSA) is 49.8 Å². The number of benzene rings is 1. The predicted octanol–water partition coefficient (Wildman–Crippen LogP) is 1.85. The first-order valence-electron chi connectivity index (χ1n) is 5.95. The van der Waals surface area contributed by atoms with Crippen molar-refractivity contribution < 1.29 is 0 Å². The lowest BCUT2D eigenvalue weighted by Crippen LogP contribution is -2.35. The van der Waals surface area contributed by atoms with Gasteiger partial charge in [-0.05, 0) is 17.8 Å². The zero-order chi connectivity index (χ0) is 12.2. The van der Waals surface area contributed by atoms with Crippen LogP contribution in [0.1, 0.15) is 11.7 Å². The summed E-state index contributed by atoms with van der Waals surface area (Å²) in [4.78, 5) is 8.28. The van der Waals surface area contributed by atoms with Gasteiger partial charge in [-0.1, -0.05) is 30.3 Å². The molecule has 2 N–H and O–H groups in total. The van der Waals surface area contributed by atoms with E-state index >= 15 is 0 Å².